The summed E-state index contributed by atoms with van der Waals surface area (Å²) in [7, 11) is 0. The molecular weight excluding hydrogens is 362 g/mol. The van der Waals surface area contributed by atoms with Crippen LogP contribution in [0.4, 0.5) is 26.3 Å². The molecule has 1 atom stereocenters. The fourth-order valence-corrected chi connectivity index (χ4v) is 2.70. The number of hydrogen-bond donors (Lipinski definition) is 2. The number of aliphatic hydroxyl groups excluding tert-OH is 1. The maximum atomic E-state index is 14.3. The predicted octanol–water partition coefficient (Wildman–Crippen LogP) is 2.84. The summed E-state index contributed by atoms with van der Waals surface area (Å²) in [5.74, 6) is -5.50. The van der Waals surface area contributed by atoms with Crippen molar-refractivity contribution in [1.82, 2.24) is 10.2 Å². The molecule has 0 aliphatic carbocycles. The first-order chi connectivity index (χ1) is 10.7. The second kappa shape index (κ2) is 7.90. The fourth-order valence-electron chi connectivity index (χ4n) is 2.70. The Kier molecular flexibility index (Phi) is 6.92. The van der Waals surface area contributed by atoms with Crippen LogP contribution in [0.25, 0.3) is 0 Å². The molecule has 3 nitrogen and oxygen atoms in total. The minimum atomic E-state index is -4.98. The molecule has 24 heavy (non-hydrogen) atoms. The summed E-state index contributed by atoms with van der Waals surface area (Å²) < 4.78 is 81.0. The average molecular weight is 379 g/mol. The Morgan fingerprint density at radius 3 is 2.21 bits per heavy atom. The summed E-state index contributed by atoms with van der Waals surface area (Å²) in [6, 6.07) is 0.340. The van der Waals surface area contributed by atoms with Crippen LogP contribution >= 0.6 is 12.4 Å². The van der Waals surface area contributed by atoms with Crippen LogP contribution in [0.2, 0.25) is 0 Å². The largest absolute Gasteiger partial charge is 0.419 e. The van der Waals surface area contributed by atoms with Gasteiger partial charge in [0.2, 0.25) is 0 Å². The zero-order valence-electron chi connectivity index (χ0n) is 12.4. The van der Waals surface area contributed by atoms with Crippen LogP contribution in [0.3, 0.4) is 0 Å². The van der Waals surface area contributed by atoms with Gasteiger partial charge in [0.15, 0.2) is 0 Å². The second-order valence-electron chi connectivity index (χ2n) is 5.31. The van der Waals surface area contributed by atoms with Gasteiger partial charge in [-0.1, -0.05) is 12.1 Å². The van der Waals surface area contributed by atoms with Crippen LogP contribution in [0.15, 0.2) is 18.2 Å². The summed E-state index contributed by atoms with van der Waals surface area (Å²) >= 11 is 0. The first-order valence-corrected chi connectivity index (χ1v) is 6.97. The van der Waals surface area contributed by atoms with Gasteiger partial charge in [0.05, 0.1) is 5.56 Å². The first-order valence-electron chi connectivity index (χ1n) is 6.97. The summed E-state index contributed by atoms with van der Waals surface area (Å²) in [5.41, 5.74) is -2.36. The normalized spacial score (nSPS) is 18.1. The molecule has 1 aromatic rings. The van der Waals surface area contributed by atoms with E-state index in [0.717, 1.165) is 12.1 Å². The second-order valence-corrected chi connectivity index (χ2v) is 5.31. The number of piperazine rings is 1. The number of nitrogens with one attached hydrogen (secondary N) is 1. The average Bonchev–Trinajstić information content (AvgIpc) is 2.49. The molecule has 138 valence electrons. The van der Waals surface area contributed by atoms with Crippen molar-refractivity contribution in [3.8, 4) is 0 Å². The van der Waals surface area contributed by atoms with Crippen LogP contribution in [0.5, 0.6) is 0 Å². The molecule has 1 aliphatic rings. The highest BCUT2D eigenvalue weighted by Gasteiger charge is 2.46. The van der Waals surface area contributed by atoms with Gasteiger partial charge in [-0.15, -0.1) is 12.4 Å². The van der Waals surface area contributed by atoms with Crippen molar-refractivity contribution in [1.29, 1.82) is 0 Å². The standard InChI is InChI=1S/C14H16F6N2O.ClH/c15-11-9(2-1-3-10(11)14(18,19)20)12(13(16,17)8-23)22-6-4-21-5-7-22;/h1-3,12,21,23H,4-8H2;1H/t12-;/m1./s1. The van der Waals surface area contributed by atoms with E-state index in [1.807, 2.05) is 0 Å². The van der Waals surface area contributed by atoms with E-state index in [1.54, 1.807) is 0 Å². The Morgan fingerprint density at radius 2 is 1.71 bits per heavy atom. The number of halogens is 7. The number of aliphatic hydroxyl groups is 1. The van der Waals surface area contributed by atoms with Crippen LogP contribution in [0.1, 0.15) is 17.2 Å². The zero-order chi connectivity index (χ0) is 17.3. The number of benzene rings is 1. The van der Waals surface area contributed by atoms with Gasteiger partial charge in [-0.3, -0.25) is 4.90 Å². The van der Waals surface area contributed by atoms with E-state index in [1.165, 1.54) is 4.90 Å². The van der Waals surface area contributed by atoms with Crippen LogP contribution in [0, 0.1) is 5.82 Å². The Hall–Kier alpha value is -1.03. The summed E-state index contributed by atoms with van der Waals surface area (Å²) in [4.78, 5) is 1.19. The first kappa shape index (κ1) is 21.0. The maximum absolute atomic E-state index is 14.3. The molecular formula is C14H17ClF6N2O. The highest BCUT2D eigenvalue weighted by molar-refractivity contribution is 5.85. The van der Waals surface area contributed by atoms with Crippen molar-refractivity contribution >= 4 is 12.4 Å². The van der Waals surface area contributed by atoms with E-state index in [2.05, 4.69) is 5.32 Å². The molecule has 1 heterocycles. The van der Waals surface area contributed by atoms with Gasteiger partial charge in [0, 0.05) is 31.7 Å². The van der Waals surface area contributed by atoms with Gasteiger partial charge in [0.1, 0.15) is 18.5 Å². The molecule has 0 saturated carbocycles. The van der Waals surface area contributed by atoms with Gasteiger partial charge in [-0.2, -0.15) is 13.2 Å². The molecule has 2 N–H and O–H groups in total. The molecule has 0 spiro atoms. The molecule has 2 rings (SSSR count). The quantitative estimate of drug-likeness (QED) is 0.791. The smallest absolute Gasteiger partial charge is 0.390 e. The Balaban J connectivity index is 0.00000288. The molecule has 1 fully saturated rings. The third kappa shape index (κ3) is 4.33. The van der Waals surface area contributed by atoms with E-state index in [0.29, 0.717) is 19.2 Å². The molecule has 10 heteroatoms. The van der Waals surface area contributed by atoms with Gasteiger partial charge in [-0.05, 0) is 6.07 Å². The van der Waals surface area contributed by atoms with E-state index in [-0.39, 0.29) is 25.5 Å². The zero-order valence-corrected chi connectivity index (χ0v) is 13.2. The molecule has 0 aromatic heterocycles. The Labute approximate surface area is 141 Å². The highest BCUT2D eigenvalue weighted by atomic mass is 35.5. The minimum Gasteiger partial charge on any atom is -0.390 e. The number of nitrogens with zero attached hydrogens (tertiary/aromatic N) is 1. The molecule has 0 unspecified atom stereocenters. The van der Waals surface area contributed by atoms with E-state index < -0.39 is 41.7 Å². The lowest BCUT2D eigenvalue weighted by Crippen LogP contribution is -2.51. The monoisotopic (exact) mass is 378 g/mol. The maximum Gasteiger partial charge on any atom is 0.419 e. The summed E-state index contributed by atoms with van der Waals surface area (Å²) in [6.45, 7) is -0.680. The minimum absolute atomic E-state index is 0. The van der Waals surface area contributed by atoms with Crippen molar-refractivity contribution in [3.63, 3.8) is 0 Å². The van der Waals surface area contributed by atoms with Gasteiger partial charge < -0.3 is 10.4 Å². The van der Waals surface area contributed by atoms with Crippen molar-refractivity contribution in [2.45, 2.75) is 18.1 Å². The summed E-state index contributed by atoms with van der Waals surface area (Å²) in [5, 5.41) is 11.9. The molecule has 1 aliphatic heterocycles. The third-order valence-corrected chi connectivity index (χ3v) is 3.76. The molecule has 1 saturated heterocycles. The molecule has 0 radical (unpaired) electrons. The third-order valence-electron chi connectivity index (χ3n) is 3.76. The number of rotatable bonds is 4. The highest BCUT2D eigenvalue weighted by Crippen LogP contribution is 2.41. The Bertz CT molecular complexity index is 549. The predicted molar refractivity (Wildman–Crippen MR) is 77.9 cm³/mol. The van der Waals surface area contributed by atoms with Crippen molar-refractivity contribution in [2.24, 2.45) is 0 Å². The molecule has 0 bridgehead atoms. The van der Waals surface area contributed by atoms with E-state index >= 15 is 0 Å². The van der Waals surface area contributed by atoms with E-state index in [4.69, 9.17) is 5.11 Å². The van der Waals surface area contributed by atoms with Crippen molar-refractivity contribution < 1.29 is 31.4 Å². The lowest BCUT2D eigenvalue weighted by Gasteiger charge is -2.39. The number of hydrogen-bond acceptors (Lipinski definition) is 3. The van der Waals surface area contributed by atoms with Gasteiger partial charge in [0.25, 0.3) is 5.92 Å². The van der Waals surface area contributed by atoms with Crippen molar-refractivity contribution in [2.75, 3.05) is 32.8 Å². The van der Waals surface area contributed by atoms with Gasteiger partial charge >= 0.3 is 6.18 Å². The lowest BCUT2D eigenvalue weighted by atomic mass is 9.95. The van der Waals surface area contributed by atoms with Gasteiger partial charge in [-0.25, -0.2) is 13.2 Å². The Morgan fingerprint density at radius 1 is 1.12 bits per heavy atom. The fraction of sp³-hybridized carbons (Fsp3) is 0.571. The lowest BCUT2D eigenvalue weighted by molar-refractivity contribution is -0.141. The SMILES string of the molecule is Cl.OCC(F)(F)[C@@H](c1cccc(C(F)(F)F)c1F)N1CCNCC1. The van der Waals surface area contributed by atoms with Crippen LogP contribution in [-0.2, 0) is 6.18 Å². The van der Waals surface area contributed by atoms with Crippen LogP contribution in [-0.4, -0.2) is 48.7 Å². The number of alkyl halides is 5. The van der Waals surface area contributed by atoms with Crippen LogP contribution < -0.4 is 5.32 Å². The van der Waals surface area contributed by atoms with E-state index in [9.17, 15) is 26.3 Å². The summed E-state index contributed by atoms with van der Waals surface area (Å²) in [6.07, 6.45) is -4.98. The topological polar surface area (TPSA) is 35.5 Å². The molecule has 1 aromatic carbocycles. The van der Waals surface area contributed by atoms with Crippen molar-refractivity contribution in [3.05, 3.63) is 35.1 Å². The molecule has 0 amide bonds.